The van der Waals surface area contributed by atoms with Gasteiger partial charge in [0.15, 0.2) is 11.5 Å². The van der Waals surface area contributed by atoms with Crippen molar-refractivity contribution < 1.29 is 23.8 Å². The normalized spacial score (nSPS) is 12.8. The van der Waals surface area contributed by atoms with Crippen LogP contribution < -0.4 is 24.8 Å². The molecule has 0 aliphatic carbocycles. The third-order valence-electron chi connectivity index (χ3n) is 4.29. The number of amides is 2. The summed E-state index contributed by atoms with van der Waals surface area (Å²) >= 11 is 6.26. The van der Waals surface area contributed by atoms with E-state index in [1.165, 1.54) is 0 Å². The molecule has 0 spiro atoms. The zero-order valence-corrected chi connectivity index (χ0v) is 17.6. The van der Waals surface area contributed by atoms with Gasteiger partial charge in [0.2, 0.25) is 11.8 Å². The van der Waals surface area contributed by atoms with Crippen LogP contribution in [0.25, 0.3) is 0 Å². The number of carbonyl (C=O) groups is 2. The third kappa shape index (κ3) is 6.01. The molecular formula is C21H24ClN3O5. The first-order chi connectivity index (χ1) is 14.4. The summed E-state index contributed by atoms with van der Waals surface area (Å²) in [4.78, 5) is 26.2. The largest absolute Gasteiger partial charge is 0.497 e. The van der Waals surface area contributed by atoms with Crippen LogP contribution >= 0.6 is 11.6 Å². The van der Waals surface area contributed by atoms with Gasteiger partial charge in [-0.1, -0.05) is 17.7 Å². The van der Waals surface area contributed by atoms with E-state index in [-0.39, 0.29) is 24.9 Å². The van der Waals surface area contributed by atoms with Gasteiger partial charge >= 0.3 is 0 Å². The zero-order valence-electron chi connectivity index (χ0n) is 16.9. The number of carbonyl (C=O) groups excluding carboxylic acids is 2. The predicted octanol–water partition coefficient (Wildman–Crippen LogP) is 3.02. The lowest BCUT2D eigenvalue weighted by molar-refractivity contribution is -0.119. The molecule has 0 radical (unpaired) electrons. The highest BCUT2D eigenvalue weighted by atomic mass is 35.5. The van der Waals surface area contributed by atoms with Crippen molar-refractivity contribution in [3.05, 3.63) is 41.4 Å². The molecule has 1 aliphatic rings. The van der Waals surface area contributed by atoms with Gasteiger partial charge in [0.25, 0.3) is 0 Å². The van der Waals surface area contributed by atoms with Crippen LogP contribution in [0.15, 0.2) is 36.4 Å². The number of fused-ring (bicyclic) bond motifs is 1. The number of benzene rings is 2. The Labute approximate surface area is 180 Å². The van der Waals surface area contributed by atoms with Crippen molar-refractivity contribution in [1.29, 1.82) is 0 Å². The van der Waals surface area contributed by atoms with E-state index >= 15 is 0 Å². The van der Waals surface area contributed by atoms with E-state index in [9.17, 15) is 9.59 Å². The maximum Gasteiger partial charge on any atom is 0.238 e. The number of hydrogen-bond donors (Lipinski definition) is 2. The van der Waals surface area contributed by atoms with Crippen molar-refractivity contribution >= 4 is 34.8 Å². The quantitative estimate of drug-likeness (QED) is 0.697. The topological polar surface area (TPSA) is 89.1 Å². The van der Waals surface area contributed by atoms with Gasteiger partial charge < -0.3 is 24.8 Å². The van der Waals surface area contributed by atoms with Crippen molar-refractivity contribution in [2.24, 2.45) is 0 Å². The number of hydrogen-bond acceptors (Lipinski definition) is 6. The molecule has 0 atom stereocenters. The Morgan fingerprint density at radius 2 is 1.73 bits per heavy atom. The van der Waals surface area contributed by atoms with Gasteiger partial charge in [-0.2, -0.15) is 0 Å². The van der Waals surface area contributed by atoms with E-state index in [1.54, 1.807) is 55.5 Å². The van der Waals surface area contributed by atoms with Gasteiger partial charge in [-0.3, -0.25) is 14.5 Å². The van der Waals surface area contributed by atoms with Gasteiger partial charge in [0, 0.05) is 30.3 Å². The molecule has 0 unspecified atom stereocenters. The van der Waals surface area contributed by atoms with E-state index in [4.69, 9.17) is 25.8 Å². The standard InChI is InChI=1S/C21H24ClN3O5/c1-25(12-20(26)23-14-5-3-6-15(9-14)28-2)13-21(27)24-17-11-19-18(10-16(17)22)29-7-4-8-30-19/h3,5-6,9-11H,4,7-8,12-13H2,1-2H3,(H,23,26)(H,24,27). The van der Waals surface area contributed by atoms with Gasteiger partial charge in [-0.05, 0) is 19.2 Å². The molecule has 2 aromatic rings. The summed E-state index contributed by atoms with van der Waals surface area (Å²) in [5, 5.41) is 5.88. The minimum Gasteiger partial charge on any atom is -0.497 e. The Morgan fingerprint density at radius 1 is 1.07 bits per heavy atom. The molecule has 2 N–H and O–H groups in total. The summed E-state index contributed by atoms with van der Waals surface area (Å²) < 4.78 is 16.3. The minimum absolute atomic E-state index is 0.0102. The van der Waals surface area contributed by atoms with Crippen LogP contribution in [0.5, 0.6) is 17.2 Å². The van der Waals surface area contributed by atoms with Crippen LogP contribution in [0.2, 0.25) is 5.02 Å². The highest BCUT2D eigenvalue weighted by molar-refractivity contribution is 6.34. The Hall–Kier alpha value is -2.97. The van der Waals surface area contributed by atoms with Crippen molar-refractivity contribution in [2.45, 2.75) is 6.42 Å². The number of rotatable bonds is 7. The molecule has 8 nitrogen and oxygen atoms in total. The molecule has 160 valence electrons. The summed E-state index contributed by atoms with van der Waals surface area (Å²) in [6, 6.07) is 10.3. The minimum atomic E-state index is -0.303. The zero-order chi connectivity index (χ0) is 21.5. The Bertz CT molecular complexity index is 922. The number of nitrogens with zero attached hydrogens (tertiary/aromatic N) is 1. The second-order valence-corrected chi connectivity index (χ2v) is 7.24. The monoisotopic (exact) mass is 433 g/mol. The summed E-state index contributed by atoms with van der Waals surface area (Å²) in [6.07, 6.45) is 0.774. The van der Waals surface area contributed by atoms with Gasteiger partial charge in [0.1, 0.15) is 5.75 Å². The van der Waals surface area contributed by atoms with Crippen LogP contribution in [0.3, 0.4) is 0 Å². The molecule has 1 heterocycles. The fraction of sp³-hybridized carbons (Fsp3) is 0.333. The molecule has 30 heavy (non-hydrogen) atoms. The predicted molar refractivity (Wildman–Crippen MR) is 115 cm³/mol. The van der Waals surface area contributed by atoms with Gasteiger partial charge in [-0.25, -0.2) is 0 Å². The number of likely N-dealkylation sites (N-methyl/N-ethyl adjacent to an activating group) is 1. The number of anilines is 2. The Morgan fingerprint density at radius 3 is 2.43 bits per heavy atom. The second-order valence-electron chi connectivity index (χ2n) is 6.83. The van der Waals surface area contributed by atoms with Crippen molar-refractivity contribution in [3.8, 4) is 17.2 Å². The first-order valence-electron chi connectivity index (χ1n) is 9.46. The number of halogens is 1. The SMILES string of the molecule is COc1cccc(NC(=O)CN(C)CC(=O)Nc2cc3c(cc2Cl)OCCCO3)c1. The maximum absolute atomic E-state index is 12.4. The maximum atomic E-state index is 12.4. The average Bonchev–Trinajstić information content (AvgIpc) is 2.92. The fourth-order valence-corrected chi connectivity index (χ4v) is 3.12. The molecule has 1 aliphatic heterocycles. The lowest BCUT2D eigenvalue weighted by Gasteiger charge is -2.17. The fourth-order valence-electron chi connectivity index (χ4n) is 2.92. The molecule has 0 saturated heterocycles. The highest BCUT2D eigenvalue weighted by Gasteiger charge is 2.17. The average molecular weight is 434 g/mol. The van der Waals surface area contributed by atoms with Crippen LogP contribution in [-0.2, 0) is 9.59 Å². The molecule has 0 aromatic heterocycles. The molecule has 2 amide bonds. The van der Waals surface area contributed by atoms with Crippen LogP contribution in [0.4, 0.5) is 11.4 Å². The van der Waals surface area contributed by atoms with Crippen molar-refractivity contribution in [2.75, 3.05) is 51.1 Å². The summed E-state index contributed by atoms with van der Waals surface area (Å²) in [7, 11) is 3.24. The van der Waals surface area contributed by atoms with Crippen molar-refractivity contribution in [3.63, 3.8) is 0 Å². The van der Waals surface area contributed by atoms with Crippen LogP contribution in [0.1, 0.15) is 6.42 Å². The van der Waals surface area contributed by atoms with Crippen LogP contribution in [0, 0.1) is 0 Å². The van der Waals surface area contributed by atoms with E-state index in [0.717, 1.165) is 6.42 Å². The van der Waals surface area contributed by atoms with E-state index < -0.39 is 0 Å². The number of ether oxygens (including phenoxy) is 3. The Kier molecular flexibility index (Phi) is 7.37. The lowest BCUT2D eigenvalue weighted by Crippen LogP contribution is -2.36. The van der Waals surface area contributed by atoms with Crippen LogP contribution in [-0.4, -0.2) is 57.2 Å². The molecule has 0 bridgehead atoms. The number of nitrogens with one attached hydrogen (secondary N) is 2. The molecule has 0 saturated carbocycles. The third-order valence-corrected chi connectivity index (χ3v) is 4.60. The molecule has 9 heteroatoms. The van der Waals surface area contributed by atoms with E-state index in [1.807, 2.05) is 0 Å². The lowest BCUT2D eigenvalue weighted by atomic mass is 10.2. The Balaban J connectivity index is 1.53. The second kappa shape index (κ2) is 10.2. The summed E-state index contributed by atoms with van der Waals surface area (Å²) in [6.45, 7) is 1.14. The van der Waals surface area contributed by atoms with Crippen molar-refractivity contribution in [1.82, 2.24) is 4.90 Å². The molecule has 3 rings (SSSR count). The van der Waals surface area contributed by atoms with E-state index in [2.05, 4.69) is 10.6 Å². The first kappa shape index (κ1) is 21.7. The molecule has 2 aromatic carbocycles. The smallest absolute Gasteiger partial charge is 0.238 e. The summed E-state index contributed by atoms with van der Waals surface area (Å²) in [5.41, 5.74) is 1.05. The van der Waals surface area contributed by atoms with Gasteiger partial charge in [-0.15, -0.1) is 0 Å². The molecule has 0 fully saturated rings. The summed E-state index contributed by atoms with van der Waals surface area (Å²) in [5.74, 6) is 1.20. The highest BCUT2D eigenvalue weighted by Crippen LogP contribution is 2.37. The molecular weight excluding hydrogens is 410 g/mol. The number of methoxy groups -OCH3 is 1. The first-order valence-corrected chi connectivity index (χ1v) is 9.84. The van der Waals surface area contributed by atoms with E-state index in [0.29, 0.717) is 46.9 Å². The van der Waals surface area contributed by atoms with Gasteiger partial charge in [0.05, 0.1) is 44.1 Å².